The van der Waals surface area contributed by atoms with Crippen molar-refractivity contribution in [2.24, 2.45) is 5.92 Å². The lowest BCUT2D eigenvalue weighted by Crippen LogP contribution is -2.24. The minimum atomic E-state index is -3.46. The molecule has 0 aromatic heterocycles. The molecule has 4 nitrogen and oxygen atoms in total. The van der Waals surface area contributed by atoms with Crippen LogP contribution >= 0.6 is 0 Å². The topological polar surface area (TPSA) is 60.4 Å². The molecule has 0 heterocycles. The van der Waals surface area contributed by atoms with Gasteiger partial charge in [0.15, 0.2) is 9.84 Å². The van der Waals surface area contributed by atoms with Crippen LogP contribution in [0.1, 0.15) is 34.1 Å². The maximum atomic E-state index is 12.0. The molecule has 0 saturated heterocycles. The van der Waals surface area contributed by atoms with E-state index in [9.17, 15) is 13.2 Å². The minimum Gasteiger partial charge on any atom is -0.460 e. The molecule has 0 saturated carbocycles. The van der Waals surface area contributed by atoms with Crippen LogP contribution in [-0.4, -0.2) is 20.0 Å². The largest absolute Gasteiger partial charge is 0.460 e. The van der Waals surface area contributed by atoms with Gasteiger partial charge in [-0.3, -0.25) is 4.79 Å². The third-order valence-corrected chi connectivity index (χ3v) is 4.01. The van der Waals surface area contributed by atoms with Crippen LogP contribution < -0.4 is 0 Å². The second-order valence-corrected chi connectivity index (χ2v) is 7.79. The Morgan fingerprint density at radius 1 is 1.24 bits per heavy atom. The number of rotatable bonds is 5. The molecular formula is C16H22O4S. The van der Waals surface area contributed by atoms with E-state index in [1.807, 2.05) is 0 Å². The second-order valence-electron chi connectivity index (χ2n) is 5.95. The molecule has 1 atom stereocenters. The van der Waals surface area contributed by atoms with Crippen LogP contribution in [0.2, 0.25) is 0 Å². The number of hydrogen-bond acceptors (Lipinski definition) is 4. The van der Waals surface area contributed by atoms with Crippen LogP contribution in [0.5, 0.6) is 0 Å². The fourth-order valence-electron chi connectivity index (χ4n) is 1.64. The molecule has 1 aromatic rings. The van der Waals surface area contributed by atoms with E-state index in [0.717, 1.165) is 5.41 Å². The quantitative estimate of drug-likeness (QED) is 0.783. The van der Waals surface area contributed by atoms with E-state index >= 15 is 0 Å². The molecule has 0 spiro atoms. The summed E-state index contributed by atoms with van der Waals surface area (Å²) in [4.78, 5) is 11.9. The molecule has 0 amide bonds. The Bertz CT molecular complexity index is 595. The Morgan fingerprint density at radius 3 is 2.33 bits per heavy atom. The van der Waals surface area contributed by atoms with Crippen LogP contribution in [-0.2, 0) is 19.4 Å². The molecule has 0 fully saturated rings. The number of carbonyl (C=O) groups is 1. The van der Waals surface area contributed by atoms with Crippen molar-refractivity contribution in [1.82, 2.24) is 0 Å². The summed E-state index contributed by atoms with van der Waals surface area (Å²) >= 11 is 0. The molecule has 5 heteroatoms. The second kappa shape index (κ2) is 6.89. The van der Waals surface area contributed by atoms with Crippen LogP contribution in [0.3, 0.4) is 0 Å². The average molecular weight is 310 g/mol. The lowest BCUT2D eigenvalue weighted by Gasteiger charge is -2.20. The maximum Gasteiger partial charge on any atom is 0.306 e. The summed E-state index contributed by atoms with van der Waals surface area (Å²) in [5, 5.41) is 1.15. The third-order valence-electron chi connectivity index (χ3n) is 2.57. The van der Waals surface area contributed by atoms with E-state index in [1.165, 1.54) is 18.2 Å². The first kappa shape index (κ1) is 17.4. The number of carbonyl (C=O) groups excluding carboxylic acids is 1. The predicted octanol–water partition coefficient (Wildman–Crippen LogP) is 3.34. The summed E-state index contributed by atoms with van der Waals surface area (Å²) in [6, 6.07) is 8.18. The normalized spacial score (nSPS) is 14.1. The van der Waals surface area contributed by atoms with Crippen LogP contribution in [0, 0.1) is 5.92 Å². The van der Waals surface area contributed by atoms with Gasteiger partial charge in [-0.15, -0.1) is 0 Å². The SMILES string of the molecule is CC(/C=C/S(=O)(=O)c1ccccc1)CC(=O)OC(C)(C)C. The highest BCUT2D eigenvalue weighted by molar-refractivity contribution is 7.94. The third kappa shape index (κ3) is 6.58. The lowest BCUT2D eigenvalue weighted by molar-refractivity contribution is -0.155. The van der Waals surface area contributed by atoms with Gasteiger partial charge >= 0.3 is 5.97 Å². The molecule has 0 N–H and O–H groups in total. The van der Waals surface area contributed by atoms with Gasteiger partial charge in [-0.05, 0) is 38.8 Å². The highest BCUT2D eigenvalue weighted by Crippen LogP contribution is 2.15. The highest BCUT2D eigenvalue weighted by Gasteiger charge is 2.18. The van der Waals surface area contributed by atoms with E-state index < -0.39 is 15.4 Å². The summed E-state index contributed by atoms with van der Waals surface area (Å²) in [5.41, 5.74) is -0.531. The van der Waals surface area contributed by atoms with Crippen molar-refractivity contribution in [3.8, 4) is 0 Å². The molecule has 0 radical (unpaired) electrons. The monoisotopic (exact) mass is 310 g/mol. The molecule has 0 aliphatic heterocycles. The van der Waals surface area contributed by atoms with Crippen molar-refractivity contribution < 1.29 is 17.9 Å². The van der Waals surface area contributed by atoms with Gasteiger partial charge in [-0.25, -0.2) is 8.42 Å². The van der Waals surface area contributed by atoms with Gasteiger partial charge in [-0.2, -0.15) is 0 Å². The Balaban J connectivity index is 2.66. The Hall–Kier alpha value is -1.62. The number of esters is 1. The molecule has 1 aromatic carbocycles. The van der Waals surface area contributed by atoms with Crippen LogP contribution in [0.4, 0.5) is 0 Å². The summed E-state index contributed by atoms with van der Waals surface area (Å²) in [6.07, 6.45) is 1.67. The number of ether oxygens (including phenoxy) is 1. The van der Waals surface area contributed by atoms with E-state index in [0.29, 0.717) is 0 Å². The van der Waals surface area contributed by atoms with Gasteiger partial charge in [0.2, 0.25) is 0 Å². The van der Waals surface area contributed by atoms with Gasteiger partial charge < -0.3 is 4.74 Å². The first-order valence-corrected chi connectivity index (χ1v) is 8.35. The lowest BCUT2D eigenvalue weighted by atomic mass is 10.1. The van der Waals surface area contributed by atoms with E-state index in [1.54, 1.807) is 45.9 Å². The molecule has 1 rings (SSSR count). The first-order chi connectivity index (χ1) is 9.60. The molecule has 21 heavy (non-hydrogen) atoms. The smallest absolute Gasteiger partial charge is 0.306 e. The number of benzene rings is 1. The fraction of sp³-hybridized carbons (Fsp3) is 0.438. The van der Waals surface area contributed by atoms with Crippen molar-refractivity contribution in [1.29, 1.82) is 0 Å². The van der Waals surface area contributed by atoms with E-state index in [4.69, 9.17) is 4.74 Å². The van der Waals surface area contributed by atoms with Crippen molar-refractivity contribution in [2.75, 3.05) is 0 Å². The standard InChI is InChI=1S/C16H22O4S/c1-13(12-15(17)20-16(2,3)4)10-11-21(18,19)14-8-6-5-7-9-14/h5-11,13H,12H2,1-4H3/b11-10+. The molecule has 0 aliphatic carbocycles. The van der Waals surface area contributed by atoms with Crippen LogP contribution in [0.15, 0.2) is 46.7 Å². The number of allylic oxidation sites excluding steroid dienone is 1. The van der Waals surface area contributed by atoms with Crippen molar-refractivity contribution >= 4 is 15.8 Å². The number of hydrogen-bond donors (Lipinski definition) is 0. The minimum absolute atomic E-state index is 0.151. The van der Waals surface area contributed by atoms with E-state index in [-0.39, 0.29) is 23.2 Å². The molecule has 1 unspecified atom stereocenters. The first-order valence-electron chi connectivity index (χ1n) is 6.80. The van der Waals surface area contributed by atoms with Gasteiger partial charge in [0.1, 0.15) is 5.60 Å². The van der Waals surface area contributed by atoms with Gasteiger partial charge in [-0.1, -0.05) is 31.2 Å². The summed E-state index contributed by atoms with van der Waals surface area (Å²) in [6.45, 7) is 7.17. The number of sulfone groups is 1. The van der Waals surface area contributed by atoms with Crippen LogP contribution in [0.25, 0.3) is 0 Å². The highest BCUT2D eigenvalue weighted by atomic mass is 32.2. The van der Waals surface area contributed by atoms with Crippen molar-refractivity contribution in [3.05, 3.63) is 41.8 Å². The average Bonchev–Trinajstić information content (AvgIpc) is 2.35. The predicted molar refractivity (Wildman–Crippen MR) is 82.4 cm³/mol. The molecule has 0 aliphatic rings. The molecule has 116 valence electrons. The van der Waals surface area contributed by atoms with Gasteiger partial charge in [0, 0.05) is 5.41 Å². The van der Waals surface area contributed by atoms with Gasteiger partial charge in [0.05, 0.1) is 11.3 Å². The maximum absolute atomic E-state index is 12.0. The fourth-order valence-corrected chi connectivity index (χ4v) is 2.81. The van der Waals surface area contributed by atoms with E-state index in [2.05, 4.69) is 0 Å². The van der Waals surface area contributed by atoms with Crippen molar-refractivity contribution in [2.45, 2.75) is 44.6 Å². The molecular weight excluding hydrogens is 288 g/mol. The summed E-state index contributed by atoms with van der Waals surface area (Å²) in [5.74, 6) is -0.546. The van der Waals surface area contributed by atoms with Crippen molar-refractivity contribution in [3.63, 3.8) is 0 Å². The zero-order valence-electron chi connectivity index (χ0n) is 12.9. The Morgan fingerprint density at radius 2 is 1.81 bits per heavy atom. The zero-order chi connectivity index (χ0) is 16.1. The van der Waals surface area contributed by atoms with Gasteiger partial charge in [0.25, 0.3) is 0 Å². The summed E-state index contributed by atoms with van der Waals surface area (Å²) in [7, 11) is -3.46. The molecule has 0 bridgehead atoms. The Kier molecular flexibility index (Phi) is 5.72. The Labute approximate surface area is 126 Å². The zero-order valence-corrected chi connectivity index (χ0v) is 13.7. The summed E-state index contributed by atoms with van der Waals surface area (Å²) < 4.78 is 29.3.